The molecule has 0 heterocycles. The summed E-state index contributed by atoms with van der Waals surface area (Å²) < 4.78 is 26.9. The number of hydrogen-bond acceptors (Lipinski definition) is 0. The third-order valence-electron chi connectivity index (χ3n) is 2.69. The van der Waals surface area contributed by atoms with E-state index in [1.807, 2.05) is 0 Å². The topological polar surface area (TPSA) is 0 Å². The molecule has 1 atom stereocenters. The molecule has 0 radical (unpaired) electrons. The molecule has 0 aliphatic carbocycles. The van der Waals surface area contributed by atoms with E-state index in [4.69, 9.17) is 23.2 Å². The van der Waals surface area contributed by atoms with Gasteiger partial charge in [0, 0.05) is 16.7 Å². The van der Waals surface area contributed by atoms with E-state index in [-0.39, 0.29) is 5.56 Å². The summed E-state index contributed by atoms with van der Waals surface area (Å²) in [6.45, 7) is 1.57. The number of hydrogen-bond donors (Lipinski definition) is 0. The van der Waals surface area contributed by atoms with Gasteiger partial charge in [0.05, 0.1) is 5.38 Å². The van der Waals surface area contributed by atoms with Crippen molar-refractivity contribution in [2.75, 3.05) is 0 Å². The van der Waals surface area contributed by atoms with Gasteiger partial charge in [-0.25, -0.2) is 8.78 Å². The van der Waals surface area contributed by atoms with Crippen LogP contribution in [-0.4, -0.2) is 0 Å². The highest BCUT2D eigenvalue weighted by molar-refractivity contribution is 6.30. The molecule has 0 amide bonds. The van der Waals surface area contributed by atoms with E-state index in [1.54, 1.807) is 31.2 Å². The van der Waals surface area contributed by atoms with Crippen molar-refractivity contribution in [2.24, 2.45) is 0 Å². The highest BCUT2D eigenvalue weighted by Gasteiger charge is 2.17. The number of halogens is 4. The van der Waals surface area contributed by atoms with Crippen LogP contribution in [0, 0.1) is 18.6 Å². The highest BCUT2D eigenvalue weighted by atomic mass is 35.5. The van der Waals surface area contributed by atoms with Crippen LogP contribution >= 0.6 is 23.2 Å². The van der Waals surface area contributed by atoms with E-state index in [2.05, 4.69) is 0 Å². The lowest BCUT2D eigenvalue weighted by atomic mass is 10.0. The Morgan fingerprint density at radius 3 is 2.44 bits per heavy atom. The van der Waals surface area contributed by atoms with Crippen LogP contribution in [-0.2, 0) is 0 Å². The Kier molecular flexibility index (Phi) is 3.88. The zero-order chi connectivity index (χ0) is 13.3. The summed E-state index contributed by atoms with van der Waals surface area (Å²) in [5, 5.41) is -0.166. The molecule has 0 saturated carbocycles. The van der Waals surface area contributed by atoms with Crippen molar-refractivity contribution < 1.29 is 8.78 Å². The molecule has 0 fully saturated rings. The Hall–Kier alpha value is -1.12. The molecule has 94 valence electrons. The maximum Gasteiger partial charge on any atom is 0.131 e. The predicted octanol–water partition coefficient (Wildman–Crippen LogP) is 5.25. The van der Waals surface area contributed by atoms with Gasteiger partial charge in [-0.3, -0.25) is 0 Å². The van der Waals surface area contributed by atoms with E-state index in [0.29, 0.717) is 16.1 Å². The lowest BCUT2D eigenvalue weighted by Gasteiger charge is -2.13. The summed E-state index contributed by atoms with van der Waals surface area (Å²) in [7, 11) is 0. The molecule has 2 aromatic rings. The second-order valence-corrected chi connectivity index (χ2v) is 4.91. The second-order valence-electron chi connectivity index (χ2n) is 4.04. The minimum atomic E-state index is -0.692. The molecule has 0 aromatic heterocycles. The van der Waals surface area contributed by atoms with Gasteiger partial charge in [0.2, 0.25) is 0 Å². The van der Waals surface area contributed by atoms with Crippen LogP contribution in [0.3, 0.4) is 0 Å². The summed E-state index contributed by atoms with van der Waals surface area (Å²) in [4.78, 5) is 0. The predicted molar refractivity (Wildman–Crippen MR) is 70.2 cm³/mol. The molecule has 0 saturated heterocycles. The largest absolute Gasteiger partial charge is 0.207 e. The maximum absolute atomic E-state index is 13.7. The Morgan fingerprint density at radius 2 is 1.78 bits per heavy atom. The zero-order valence-corrected chi connectivity index (χ0v) is 11.1. The average Bonchev–Trinajstić information content (AvgIpc) is 2.33. The van der Waals surface area contributed by atoms with E-state index >= 15 is 0 Å². The summed E-state index contributed by atoms with van der Waals surface area (Å²) in [5.74, 6) is -1.23. The van der Waals surface area contributed by atoms with Crippen molar-refractivity contribution in [3.63, 3.8) is 0 Å². The molecular formula is C14H10Cl2F2. The monoisotopic (exact) mass is 286 g/mol. The Labute approximate surface area is 114 Å². The highest BCUT2D eigenvalue weighted by Crippen LogP contribution is 2.32. The molecule has 0 nitrogen and oxygen atoms in total. The van der Waals surface area contributed by atoms with Gasteiger partial charge in [0.15, 0.2) is 0 Å². The maximum atomic E-state index is 13.7. The quantitative estimate of drug-likeness (QED) is 0.661. The van der Waals surface area contributed by atoms with E-state index in [0.717, 1.165) is 6.07 Å². The lowest BCUT2D eigenvalue weighted by Crippen LogP contribution is -1.99. The van der Waals surface area contributed by atoms with Gasteiger partial charge in [0.1, 0.15) is 11.6 Å². The molecule has 1 unspecified atom stereocenters. The minimum absolute atomic E-state index is 0.248. The molecule has 0 aliphatic heterocycles. The molecule has 0 bridgehead atoms. The molecule has 2 rings (SSSR count). The Morgan fingerprint density at radius 1 is 1.06 bits per heavy atom. The van der Waals surface area contributed by atoms with Crippen molar-refractivity contribution in [3.8, 4) is 0 Å². The SMILES string of the molecule is Cc1cc(C(Cl)c2cccc(Cl)c2)c(F)cc1F. The third kappa shape index (κ3) is 2.65. The van der Waals surface area contributed by atoms with Gasteiger partial charge < -0.3 is 0 Å². The summed E-state index contributed by atoms with van der Waals surface area (Å²) >= 11 is 12.1. The molecule has 0 aliphatic rings. The second kappa shape index (κ2) is 5.25. The zero-order valence-electron chi connectivity index (χ0n) is 9.55. The van der Waals surface area contributed by atoms with Crippen LogP contribution in [0.2, 0.25) is 5.02 Å². The van der Waals surface area contributed by atoms with Crippen LogP contribution in [0.5, 0.6) is 0 Å². The molecule has 4 heteroatoms. The first-order valence-electron chi connectivity index (χ1n) is 5.34. The molecule has 0 spiro atoms. The van der Waals surface area contributed by atoms with E-state index in [9.17, 15) is 8.78 Å². The van der Waals surface area contributed by atoms with Crippen LogP contribution in [0.15, 0.2) is 36.4 Å². The molecule has 2 aromatic carbocycles. The van der Waals surface area contributed by atoms with Crippen molar-refractivity contribution in [1.82, 2.24) is 0 Å². The van der Waals surface area contributed by atoms with Crippen molar-refractivity contribution in [2.45, 2.75) is 12.3 Å². The normalized spacial score (nSPS) is 12.5. The molecule has 18 heavy (non-hydrogen) atoms. The smallest absolute Gasteiger partial charge is 0.131 e. The average molecular weight is 287 g/mol. The first-order valence-corrected chi connectivity index (χ1v) is 6.15. The number of aryl methyl sites for hydroxylation is 1. The van der Waals surface area contributed by atoms with Crippen molar-refractivity contribution in [3.05, 3.63) is 69.7 Å². The van der Waals surface area contributed by atoms with Crippen LogP contribution in [0.1, 0.15) is 22.1 Å². The fourth-order valence-corrected chi connectivity index (χ4v) is 2.22. The van der Waals surface area contributed by atoms with Crippen molar-refractivity contribution >= 4 is 23.2 Å². The number of rotatable bonds is 2. The van der Waals surface area contributed by atoms with Crippen LogP contribution in [0.4, 0.5) is 8.78 Å². The molecular weight excluding hydrogens is 277 g/mol. The van der Waals surface area contributed by atoms with Gasteiger partial charge in [-0.1, -0.05) is 23.7 Å². The fraction of sp³-hybridized carbons (Fsp3) is 0.143. The van der Waals surface area contributed by atoms with Crippen molar-refractivity contribution in [1.29, 1.82) is 0 Å². The number of alkyl halides is 1. The van der Waals surface area contributed by atoms with Gasteiger partial charge in [-0.05, 0) is 36.2 Å². The fourth-order valence-electron chi connectivity index (χ4n) is 1.72. The summed E-state index contributed by atoms with van der Waals surface area (Å²) in [6, 6.07) is 9.13. The first-order chi connectivity index (χ1) is 8.49. The summed E-state index contributed by atoms with van der Waals surface area (Å²) in [6.07, 6.45) is 0. The Balaban J connectivity index is 2.46. The van der Waals surface area contributed by atoms with Crippen LogP contribution in [0.25, 0.3) is 0 Å². The minimum Gasteiger partial charge on any atom is -0.207 e. The van der Waals surface area contributed by atoms with Gasteiger partial charge in [0.25, 0.3) is 0 Å². The number of benzene rings is 2. The standard InChI is InChI=1S/C14H10Cl2F2/c1-8-5-11(13(18)7-12(8)17)14(16)9-3-2-4-10(15)6-9/h2-7,14H,1H3. The van der Waals surface area contributed by atoms with Gasteiger partial charge in [-0.15, -0.1) is 11.6 Å². The van der Waals surface area contributed by atoms with Crippen LogP contribution < -0.4 is 0 Å². The summed E-state index contributed by atoms with van der Waals surface area (Å²) in [5.41, 5.74) is 1.28. The van der Waals surface area contributed by atoms with E-state index < -0.39 is 17.0 Å². The first kappa shape index (κ1) is 13.3. The lowest BCUT2D eigenvalue weighted by molar-refractivity contribution is 0.568. The molecule has 0 N–H and O–H groups in total. The third-order valence-corrected chi connectivity index (χ3v) is 3.41. The Bertz CT molecular complexity index is 582. The van der Waals surface area contributed by atoms with Gasteiger partial charge >= 0.3 is 0 Å². The van der Waals surface area contributed by atoms with Gasteiger partial charge in [-0.2, -0.15) is 0 Å². The van der Waals surface area contributed by atoms with E-state index in [1.165, 1.54) is 6.07 Å².